The quantitative estimate of drug-likeness (QED) is 0.383. The van der Waals surface area contributed by atoms with Crippen LogP contribution in [-0.4, -0.2) is 79.9 Å². The summed E-state index contributed by atoms with van der Waals surface area (Å²) >= 11 is 15.2. The minimum absolute atomic E-state index is 0.222. The topological polar surface area (TPSA) is 74.3 Å². The molecule has 8 nitrogen and oxygen atoms in total. The first-order valence-electron chi connectivity index (χ1n) is 9.57. The average Bonchev–Trinajstić information content (AvgIpc) is 3.12. The van der Waals surface area contributed by atoms with Crippen molar-refractivity contribution in [1.29, 1.82) is 0 Å². The Labute approximate surface area is 196 Å². The van der Waals surface area contributed by atoms with E-state index in [9.17, 15) is 14.0 Å². The highest BCUT2D eigenvalue weighted by Gasteiger charge is 2.32. The maximum atomic E-state index is 14.7. The zero-order valence-electron chi connectivity index (χ0n) is 17.2. The summed E-state index contributed by atoms with van der Waals surface area (Å²) in [7, 11) is 1.54. The molecule has 2 heterocycles. The molecule has 1 aromatic rings. The van der Waals surface area contributed by atoms with E-state index in [4.69, 9.17) is 44.9 Å². The number of hydrogen-bond donors (Lipinski definition) is 1. The van der Waals surface area contributed by atoms with Gasteiger partial charge in [0.15, 0.2) is 0 Å². The van der Waals surface area contributed by atoms with Crippen molar-refractivity contribution in [2.24, 2.45) is 0 Å². The van der Waals surface area contributed by atoms with Gasteiger partial charge >= 0.3 is 6.09 Å². The summed E-state index contributed by atoms with van der Waals surface area (Å²) in [6, 6.07) is 4.69. The second-order valence-electron chi connectivity index (χ2n) is 6.74. The van der Waals surface area contributed by atoms with Gasteiger partial charge in [-0.05, 0) is 37.3 Å². The SMILES string of the molecule is CC(Cl)Cl.COC(=S)N1CCN(c2ccc(N3CC(CNC=O)OC3=O)cc2F)CC1. The van der Waals surface area contributed by atoms with Gasteiger partial charge in [0, 0.05) is 26.2 Å². The maximum Gasteiger partial charge on any atom is 0.414 e. The van der Waals surface area contributed by atoms with Crippen LogP contribution in [0.2, 0.25) is 0 Å². The van der Waals surface area contributed by atoms with E-state index in [1.54, 1.807) is 19.1 Å². The first-order valence-corrected chi connectivity index (χ1v) is 10.9. The van der Waals surface area contributed by atoms with E-state index >= 15 is 0 Å². The van der Waals surface area contributed by atoms with Gasteiger partial charge in [-0.2, -0.15) is 0 Å². The van der Waals surface area contributed by atoms with Crippen LogP contribution in [0.15, 0.2) is 18.2 Å². The van der Waals surface area contributed by atoms with Crippen molar-refractivity contribution in [3.05, 3.63) is 24.0 Å². The fourth-order valence-electron chi connectivity index (χ4n) is 3.20. The number of cyclic esters (lactones) is 1. The number of rotatable bonds is 5. The molecule has 0 aromatic heterocycles. The standard InChI is InChI=1S/C17H21FN4O4S.C2H4Cl2/c1-25-17(27)21-6-4-20(5-7-21)15-3-2-12(8-14(15)18)22-10-13(9-19-11-23)26-16(22)24;1-2(3)4/h2-3,8,11,13H,4-7,9-10H2,1H3,(H,19,23);2H,1H3. The van der Waals surface area contributed by atoms with Crippen LogP contribution in [0.5, 0.6) is 0 Å². The molecule has 0 saturated carbocycles. The van der Waals surface area contributed by atoms with Gasteiger partial charge in [0.1, 0.15) is 16.8 Å². The third kappa shape index (κ3) is 7.26. The van der Waals surface area contributed by atoms with E-state index in [0.717, 1.165) is 0 Å². The highest BCUT2D eigenvalue weighted by Crippen LogP contribution is 2.28. The van der Waals surface area contributed by atoms with Crippen LogP contribution in [0.4, 0.5) is 20.6 Å². The number of anilines is 2. The zero-order valence-corrected chi connectivity index (χ0v) is 19.6. The number of carbonyl (C=O) groups excluding carboxylic acids is 2. The lowest BCUT2D eigenvalue weighted by molar-refractivity contribution is -0.109. The summed E-state index contributed by atoms with van der Waals surface area (Å²) in [6.07, 6.45) is -0.464. The molecule has 1 N–H and O–H groups in total. The Morgan fingerprint density at radius 2 is 2.03 bits per heavy atom. The molecule has 1 unspecified atom stereocenters. The number of piperazine rings is 1. The van der Waals surface area contributed by atoms with E-state index in [2.05, 4.69) is 5.32 Å². The third-order valence-corrected chi connectivity index (χ3v) is 5.02. The van der Waals surface area contributed by atoms with Gasteiger partial charge in [0.2, 0.25) is 6.41 Å². The van der Waals surface area contributed by atoms with Gasteiger partial charge in [-0.1, -0.05) is 0 Å². The van der Waals surface area contributed by atoms with E-state index in [1.165, 1.54) is 18.1 Å². The Morgan fingerprint density at radius 3 is 2.58 bits per heavy atom. The van der Waals surface area contributed by atoms with Crippen molar-refractivity contribution in [3.8, 4) is 0 Å². The molecule has 2 saturated heterocycles. The van der Waals surface area contributed by atoms with Gasteiger partial charge in [-0.15, -0.1) is 23.2 Å². The predicted molar refractivity (Wildman–Crippen MR) is 123 cm³/mol. The lowest BCUT2D eigenvalue weighted by atomic mass is 10.2. The molecular formula is C19H25Cl2FN4O4S. The molecule has 3 rings (SSSR count). The van der Waals surface area contributed by atoms with Gasteiger partial charge in [0.25, 0.3) is 5.17 Å². The van der Waals surface area contributed by atoms with Gasteiger partial charge < -0.3 is 24.6 Å². The summed E-state index contributed by atoms with van der Waals surface area (Å²) in [5.41, 5.74) is 0.905. The van der Waals surface area contributed by atoms with Crippen molar-refractivity contribution in [3.63, 3.8) is 0 Å². The van der Waals surface area contributed by atoms with Crippen LogP contribution < -0.4 is 15.1 Å². The molecule has 172 valence electrons. The number of ether oxygens (including phenoxy) is 2. The minimum Gasteiger partial charge on any atom is -0.474 e. The smallest absolute Gasteiger partial charge is 0.414 e. The van der Waals surface area contributed by atoms with Crippen molar-refractivity contribution < 1.29 is 23.5 Å². The highest BCUT2D eigenvalue weighted by atomic mass is 35.5. The number of hydrogen-bond acceptors (Lipinski definition) is 6. The van der Waals surface area contributed by atoms with Crippen LogP contribution in [0.3, 0.4) is 0 Å². The summed E-state index contributed by atoms with van der Waals surface area (Å²) in [5.74, 6) is -0.405. The molecule has 1 atom stereocenters. The lowest BCUT2D eigenvalue weighted by Crippen LogP contribution is -2.48. The number of methoxy groups -OCH3 is 1. The normalized spacial score (nSPS) is 18.3. The van der Waals surface area contributed by atoms with E-state index < -0.39 is 18.0 Å². The van der Waals surface area contributed by atoms with Gasteiger partial charge in [-0.25, -0.2) is 9.18 Å². The minimum atomic E-state index is -0.554. The van der Waals surface area contributed by atoms with Crippen molar-refractivity contribution >= 4 is 64.5 Å². The summed E-state index contributed by atoms with van der Waals surface area (Å²) in [5, 5.41) is 2.92. The second-order valence-corrected chi connectivity index (χ2v) is 8.62. The van der Waals surface area contributed by atoms with E-state index in [-0.39, 0.29) is 17.9 Å². The average molecular weight is 495 g/mol. The Morgan fingerprint density at radius 1 is 1.39 bits per heavy atom. The number of carbonyl (C=O) groups is 2. The molecule has 0 aliphatic carbocycles. The molecule has 2 amide bonds. The molecule has 0 bridgehead atoms. The number of thiocarbonyl (C=S) groups is 1. The van der Waals surface area contributed by atoms with E-state index in [0.29, 0.717) is 49.1 Å². The number of alkyl halides is 2. The monoisotopic (exact) mass is 494 g/mol. The summed E-state index contributed by atoms with van der Waals surface area (Å²) in [4.78, 5) is 27.4. The van der Waals surface area contributed by atoms with Crippen molar-refractivity contribution in [1.82, 2.24) is 10.2 Å². The molecular weight excluding hydrogens is 470 g/mol. The molecule has 0 spiro atoms. The molecule has 12 heteroatoms. The largest absolute Gasteiger partial charge is 0.474 e. The number of nitrogens with one attached hydrogen (secondary N) is 1. The first-order chi connectivity index (χ1) is 14.8. The number of amides is 2. The molecule has 2 fully saturated rings. The van der Waals surface area contributed by atoms with Crippen LogP contribution in [0, 0.1) is 5.82 Å². The third-order valence-electron chi connectivity index (χ3n) is 4.60. The van der Waals surface area contributed by atoms with Crippen LogP contribution >= 0.6 is 35.4 Å². The fraction of sp³-hybridized carbons (Fsp3) is 0.526. The number of benzene rings is 1. The Kier molecular flexibility index (Phi) is 9.86. The maximum absolute atomic E-state index is 14.7. The summed E-state index contributed by atoms with van der Waals surface area (Å²) < 4.78 is 24.9. The fourth-order valence-corrected chi connectivity index (χ4v) is 3.38. The number of nitrogens with zero attached hydrogens (tertiary/aromatic N) is 3. The molecule has 1 aromatic carbocycles. The highest BCUT2D eigenvalue weighted by molar-refractivity contribution is 7.80. The van der Waals surface area contributed by atoms with E-state index in [1.807, 2.05) is 9.80 Å². The van der Waals surface area contributed by atoms with Crippen molar-refractivity contribution in [2.45, 2.75) is 17.9 Å². The van der Waals surface area contributed by atoms with Crippen LogP contribution in [0.1, 0.15) is 6.92 Å². The number of halogens is 3. The summed E-state index contributed by atoms with van der Waals surface area (Å²) in [6.45, 7) is 4.71. The first kappa shape index (κ1) is 25.2. The van der Waals surface area contributed by atoms with Crippen LogP contribution in [0.25, 0.3) is 0 Å². The molecule has 31 heavy (non-hydrogen) atoms. The molecule has 2 aliphatic heterocycles. The second kappa shape index (κ2) is 12.1. The Balaban J connectivity index is 0.000000785. The zero-order chi connectivity index (χ0) is 23.0. The Bertz CT molecular complexity index is 779. The van der Waals surface area contributed by atoms with Crippen LogP contribution in [-0.2, 0) is 14.3 Å². The predicted octanol–water partition coefficient (Wildman–Crippen LogP) is 2.76. The van der Waals surface area contributed by atoms with Gasteiger partial charge in [0.05, 0.1) is 31.6 Å². The van der Waals surface area contributed by atoms with Crippen molar-refractivity contribution in [2.75, 3.05) is 56.2 Å². The molecule has 0 radical (unpaired) electrons. The Hall–Kier alpha value is -2.04. The van der Waals surface area contributed by atoms with Gasteiger partial charge in [-0.3, -0.25) is 9.69 Å². The molecule has 2 aliphatic rings. The lowest BCUT2D eigenvalue weighted by Gasteiger charge is -2.36.